The van der Waals surface area contributed by atoms with Crippen LogP contribution in [-0.4, -0.2) is 5.97 Å². The summed E-state index contributed by atoms with van der Waals surface area (Å²) in [6, 6.07) is 14.3. The number of anilines is 2. The van der Waals surface area contributed by atoms with E-state index in [1.807, 2.05) is 38.1 Å². The maximum atomic E-state index is 12.5. The zero-order valence-corrected chi connectivity index (χ0v) is 15.5. The maximum absolute atomic E-state index is 12.5. The van der Waals surface area contributed by atoms with Crippen molar-refractivity contribution in [3.8, 4) is 0 Å². The first-order valence-electron chi connectivity index (χ1n) is 8.56. The lowest BCUT2D eigenvalue weighted by atomic mass is 10.0. The highest BCUT2D eigenvalue weighted by atomic mass is 16.5. The van der Waals surface area contributed by atoms with Crippen LogP contribution in [0.3, 0.4) is 0 Å². The molecule has 0 saturated heterocycles. The lowest BCUT2D eigenvalue weighted by Gasteiger charge is -2.08. The number of nitrogen functional groups attached to an aromatic ring is 2. The van der Waals surface area contributed by atoms with E-state index in [0.29, 0.717) is 22.7 Å². The number of carbonyl (C=O) groups is 1. The summed E-state index contributed by atoms with van der Waals surface area (Å²) in [5.74, 6) is -0.171. The predicted molar refractivity (Wildman–Crippen MR) is 112 cm³/mol. The fraction of sp³-hybridized carbons (Fsp3) is 0.0870. The minimum atomic E-state index is -0.590. The zero-order chi connectivity index (χ0) is 19.6. The average Bonchev–Trinajstić information content (AvgIpc) is 2.66. The van der Waals surface area contributed by atoms with Gasteiger partial charge in [0.25, 0.3) is 0 Å². The van der Waals surface area contributed by atoms with Gasteiger partial charge in [-0.1, -0.05) is 36.4 Å². The Morgan fingerprint density at radius 3 is 1.96 bits per heavy atom. The summed E-state index contributed by atoms with van der Waals surface area (Å²) in [4.78, 5) is 12.5. The first kappa shape index (κ1) is 19.8. The van der Waals surface area contributed by atoms with Crippen LogP contribution in [0, 0.1) is 6.08 Å². The van der Waals surface area contributed by atoms with Crippen LogP contribution in [0.5, 0.6) is 0 Å². The Labute approximate surface area is 160 Å². The van der Waals surface area contributed by atoms with E-state index in [2.05, 4.69) is 6.08 Å². The predicted octanol–water partition coefficient (Wildman–Crippen LogP) is 4.77. The molecule has 0 fully saturated rings. The van der Waals surface area contributed by atoms with E-state index in [1.165, 1.54) is 0 Å². The molecule has 0 unspecified atom stereocenters. The van der Waals surface area contributed by atoms with Crippen LogP contribution in [0.15, 0.2) is 78.9 Å². The van der Waals surface area contributed by atoms with Gasteiger partial charge in [0.05, 0.1) is 6.08 Å². The number of rotatable bonds is 6. The number of hydrogen-bond acceptors (Lipinski definition) is 4. The number of benzene rings is 2. The van der Waals surface area contributed by atoms with Crippen LogP contribution >= 0.6 is 0 Å². The molecule has 4 nitrogen and oxygen atoms in total. The molecular formula is C23H23N2O2. The maximum Gasteiger partial charge on any atom is 0.345 e. The topological polar surface area (TPSA) is 78.3 Å². The molecule has 0 spiro atoms. The van der Waals surface area contributed by atoms with E-state index < -0.39 is 5.97 Å². The highest BCUT2D eigenvalue weighted by molar-refractivity contribution is 5.92. The Bertz CT molecular complexity index is 887. The smallest absolute Gasteiger partial charge is 0.345 e. The van der Waals surface area contributed by atoms with Crippen molar-refractivity contribution >= 4 is 28.7 Å². The molecule has 1 radical (unpaired) electrons. The van der Waals surface area contributed by atoms with Gasteiger partial charge in [0, 0.05) is 16.9 Å². The van der Waals surface area contributed by atoms with Crippen molar-refractivity contribution in [2.75, 3.05) is 11.5 Å². The van der Waals surface area contributed by atoms with E-state index in [9.17, 15) is 4.79 Å². The number of allylic oxidation sites excluding steroid dienone is 6. The molecule has 0 bridgehead atoms. The molecule has 0 atom stereocenters. The number of nitrogens with two attached hydrogens (primary N) is 2. The van der Waals surface area contributed by atoms with Crippen LogP contribution in [0.1, 0.15) is 25.0 Å². The molecule has 0 aromatic heterocycles. The van der Waals surface area contributed by atoms with E-state index in [0.717, 1.165) is 11.1 Å². The largest absolute Gasteiger partial charge is 0.422 e. The van der Waals surface area contributed by atoms with Gasteiger partial charge in [-0.15, -0.1) is 0 Å². The molecule has 27 heavy (non-hydrogen) atoms. The van der Waals surface area contributed by atoms with E-state index >= 15 is 0 Å². The second-order valence-corrected chi connectivity index (χ2v) is 5.73. The molecule has 4 heteroatoms. The molecule has 0 heterocycles. The summed E-state index contributed by atoms with van der Waals surface area (Å²) >= 11 is 0. The lowest BCUT2D eigenvalue weighted by Crippen LogP contribution is -2.02. The Balaban J connectivity index is 2.30. The number of carbonyl (C=O) groups excluding carboxylic acids is 1. The lowest BCUT2D eigenvalue weighted by molar-refractivity contribution is -0.131. The summed E-state index contributed by atoms with van der Waals surface area (Å²) in [6.45, 7) is 3.76. The van der Waals surface area contributed by atoms with Gasteiger partial charge < -0.3 is 16.2 Å². The van der Waals surface area contributed by atoms with Gasteiger partial charge >= 0.3 is 5.97 Å². The summed E-state index contributed by atoms with van der Waals surface area (Å²) in [6.07, 6.45) is 11.8. The molecule has 0 aliphatic carbocycles. The molecule has 2 aromatic rings. The van der Waals surface area contributed by atoms with Crippen molar-refractivity contribution in [2.24, 2.45) is 0 Å². The van der Waals surface area contributed by atoms with Crippen LogP contribution < -0.4 is 11.5 Å². The molecule has 0 amide bonds. The van der Waals surface area contributed by atoms with Gasteiger partial charge in [-0.3, -0.25) is 0 Å². The van der Waals surface area contributed by atoms with Crippen LogP contribution in [0.4, 0.5) is 11.4 Å². The monoisotopic (exact) mass is 359 g/mol. The highest BCUT2D eigenvalue weighted by Gasteiger charge is 2.10. The summed E-state index contributed by atoms with van der Waals surface area (Å²) < 4.78 is 5.54. The van der Waals surface area contributed by atoms with E-state index in [1.54, 1.807) is 54.6 Å². The molecule has 137 valence electrons. The third-order valence-corrected chi connectivity index (χ3v) is 3.63. The first-order chi connectivity index (χ1) is 13.0. The van der Waals surface area contributed by atoms with Crippen LogP contribution in [0.2, 0.25) is 0 Å². The second kappa shape index (κ2) is 9.82. The molecular weight excluding hydrogens is 336 g/mol. The third-order valence-electron chi connectivity index (χ3n) is 3.63. The van der Waals surface area contributed by atoms with Gasteiger partial charge in [-0.25, -0.2) is 4.79 Å². The van der Waals surface area contributed by atoms with Crippen molar-refractivity contribution < 1.29 is 9.53 Å². The van der Waals surface area contributed by atoms with Gasteiger partial charge in [0.15, 0.2) is 0 Å². The second-order valence-electron chi connectivity index (χ2n) is 5.73. The highest BCUT2D eigenvalue weighted by Crippen LogP contribution is 2.21. The van der Waals surface area contributed by atoms with Gasteiger partial charge in [0.1, 0.15) is 5.76 Å². The van der Waals surface area contributed by atoms with Crippen LogP contribution in [0.25, 0.3) is 11.3 Å². The number of esters is 1. The standard InChI is InChI=1S/C23H23N2O2/c1-3-5-7-22(18-10-14-21(25)15-11-18)27-23(26)16-19(6-4-2)17-8-12-20(24)13-9-17/h3-15H,24-25H2,1-2H3/b5-3+,6-4+,19-16?,22-7+. The molecule has 2 rings (SSSR count). The Hall–Kier alpha value is -3.53. The minimum Gasteiger partial charge on any atom is -0.422 e. The summed E-state index contributed by atoms with van der Waals surface area (Å²) in [7, 11) is 0. The SMILES string of the molecule is C/C=C/C=C(/OC(=O)/[C]=C(\C=C\C)c1ccc(N)cc1)c1ccc(N)cc1. The Morgan fingerprint density at radius 2 is 1.44 bits per heavy atom. The molecule has 2 aromatic carbocycles. The molecule has 0 aliphatic rings. The fourth-order valence-corrected chi connectivity index (χ4v) is 2.29. The number of ether oxygens (including phenoxy) is 1. The summed E-state index contributed by atoms with van der Waals surface area (Å²) in [5, 5.41) is 0. The Kier molecular flexibility index (Phi) is 7.20. The van der Waals surface area contributed by atoms with Crippen molar-refractivity contribution in [1.29, 1.82) is 0 Å². The fourth-order valence-electron chi connectivity index (χ4n) is 2.29. The van der Waals surface area contributed by atoms with Crippen LogP contribution in [-0.2, 0) is 9.53 Å². The van der Waals surface area contributed by atoms with Crippen molar-refractivity contribution in [3.63, 3.8) is 0 Å². The van der Waals surface area contributed by atoms with Crippen molar-refractivity contribution in [1.82, 2.24) is 0 Å². The molecule has 4 N–H and O–H groups in total. The summed E-state index contributed by atoms with van der Waals surface area (Å²) in [5.41, 5.74) is 14.9. The number of hydrogen-bond donors (Lipinski definition) is 2. The van der Waals surface area contributed by atoms with Crippen molar-refractivity contribution in [2.45, 2.75) is 13.8 Å². The normalized spacial score (nSPS) is 12.7. The molecule has 0 saturated carbocycles. The quantitative estimate of drug-likeness (QED) is 0.256. The average molecular weight is 359 g/mol. The van der Waals surface area contributed by atoms with Gasteiger partial charge in [-0.2, -0.15) is 0 Å². The van der Waals surface area contributed by atoms with Gasteiger partial charge in [0.2, 0.25) is 0 Å². The van der Waals surface area contributed by atoms with Gasteiger partial charge in [-0.05, 0) is 67.5 Å². The zero-order valence-electron chi connectivity index (χ0n) is 15.5. The minimum absolute atomic E-state index is 0.419. The van der Waals surface area contributed by atoms with Crippen molar-refractivity contribution in [3.05, 3.63) is 96.1 Å². The molecule has 0 aliphatic heterocycles. The Morgan fingerprint density at radius 1 is 0.889 bits per heavy atom. The van der Waals surface area contributed by atoms with E-state index in [4.69, 9.17) is 16.2 Å². The third kappa shape index (κ3) is 6.04. The van der Waals surface area contributed by atoms with E-state index in [-0.39, 0.29) is 0 Å². The first-order valence-corrected chi connectivity index (χ1v) is 8.56.